The quantitative estimate of drug-likeness (QED) is 0.842. The van der Waals surface area contributed by atoms with Gasteiger partial charge in [-0.1, -0.05) is 26.2 Å². The van der Waals surface area contributed by atoms with Crippen molar-refractivity contribution in [2.24, 2.45) is 0 Å². The average Bonchev–Trinajstić information content (AvgIpc) is 2.45. The summed E-state index contributed by atoms with van der Waals surface area (Å²) in [5.74, 6) is 0.340. The van der Waals surface area contributed by atoms with Gasteiger partial charge in [0.2, 0.25) is 5.91 Å². The zero-order valence-electron chi connectivity index (χ0n) is 12.4. The lowest BCUT2D eigenvalue weighted by Gasteiger charge is -2.42. The third kappa shape index (κ3) is 3.66. The average molecular weight is 284 g/mol. The maximum atomic E-state index is 12.5. The van der Waals surface area contributed by atoms with Crippen LogP contribution in [-0.4, -0.2) is 47.5 Å². The third-order valence-corrected chi connectivity index (χ3v) is 6.06. The lowest BCUT2D eigenvalue weighted by molar-refractivity contribution is -0.136. The van der Waals surface area contributed by atoms with Crippen molar-refractivity contribution in [3.63, 3.8) is 0 Å². The minimum atomic E-state index is 0.0706. The van der Waals surface area contributed by atoms with Crippen molar-refractivity contribution in [3.05, 3.63) is 0 Å². The standard InChI is InChI=1S/C15H28N2OS/c1-3-16-13-8-7-11-17(14(13)18)12-15(19-2)9-5-4-6-10-15/h13,16H,3-12H2,1-2H3. The van der Waals surface area contributed by atoms with Gasteiger partial charge in [0, 0.05) is 17.8 Å². The van der Waals surface area contributed by atoms with E-state index in [0.717, 1.165) is 32.5 Å². The van der Waals surface area contributed by atoms with Crippen molar-refractivity contribution in [3.8, 4) is 0 Å². The molecule has 19 heavy (non-hydrogen) atoms. The van der Waals surface area contributed by atoms with E-state index in [-0.39, 0.29) is 6.04 Å². The number of carbonyl (C=O) groups excluding carboxylic acids is 1. The lowest BCUT2D eigenvalue weighted by Crippen LogP contribution is -2.54. The van der Waals surface area contributed by atoms with Crippen LogP contribution < -0.4 is 5.32 Å². The van der Waals surface area contributed by atoms with Crippen molar-refractivity contribution >= 4 is 17.7 Å². The fourth-order valence-electron chi connectivity index (χ4n) is 3.50. The molecule has 0 aromatic heterocycles. The van der Waals surface area contributed by atoms with Crippen molar-refractivity contribution in [2.75, 3.05) is 25.9 Å². The number of nitrogens with one attached hydrogen (secondary N) is 1. The first kappa shape index (κ1) is 15.2. The molecular formula is C15H28N2OS. The van der Waals surface area contributed by atoms with E-state index in [2.05, 4.69) is 23.4 Å². The third-order valence-electron chi connectivity index (χ3n) is 4.66. The Balaban J connectivity index is 1.98. The Morgan fingerprint density at radius 1 is 1.32 bits per heavy atom. The maximum absolute atomic E-state index is 12.5. The number of rotatable bonds is 5. The molecule has 1 unspecified atom stereocenters. The van der Waals surface area contributed by atoms with Gasteiger partial charge in [-0.3, -0.25) is 4.79 Å². The molecule has 1 heterocycles. The van der Waals surface area contributed by atoms with Gasteiger partial charge < -0.3 is 10.2 Å². The van der Waals surface area contributed by atoms with Crippen LogP contribution in [0.25, 0.3) is 0 Å². The molecule has 1 aliphatic carbocycles. The summed E-state index contributed by atoms with van der Waals surface area (Å²) in [6, 6.07) is 0.0706. The van der Waals surface area contributed by atoms with Crippen molar-refractivity contribution < 1.29 is 4.79 Å². The SMILES string of the molecule is CCNC1CCCN(CC2(SC)CCCCC2)C1=O. The molecule has 1 N–H and O–H groups in total. The number of nitrogens with zero attached hydrogens (tertiary/aromatic N) is 1. The molecule has 2 rings (SSSR count). The summed E-state index contributed by atoms with van der Waals surface area (Å²) in [5, 5.41) is 3.33. The molecule has 3 nitrogen and oxygen atoms in total. The van der Waals surface area contributed by atoms with Gasteiger partial charge >= 0.3 is 0 Å². The molecule has 4 heteroatoms. The molecule has 1 aliphatic heterocycles. The molecule has 1 amide bonds. The van der Waals surface area contributed by atoms with Crippen molar-refractivity contribution in [1.29, 1.82) is 0 Å². The molecule has 0 aromatic carbocycles. The first-order valence-electron chi connectivity index (χ1n) is 7.78. The van der Waals surface area contributed by atoms with Crippen LogP contribution in [0.5, 0.6) is 0 Å². The Labute approximate surface area is 121 Å². The monoisotopic (exact) mass is 284 g/mol. The van der Waals surface area contributed by atoms with E-state index in [0.29, 0.717) is 10.7 Å². The van der Waals surface area contributed by atoms with Gasteiger partial charge in [-0.15, -0.1) is 0 Å². The Hall–Kier alpha value is -0.220. The highest BCUT2D eigenvalue weighted by molar-refractivity contribution is 8.00. The zero-order valence-corrected chi connectivity index (χ0v) is 13.2. The van der Waals surface area contributed by atoms with E-state index in [1.807, 2.05) is 11.8 Å². The Kier molecular flexibility index (Phi) is 5.58. The zero-order chi connectivity index (χ0) is 13.7. The van der Waals surface area contributed by atoms with Gasteiger partial charge in [0.1, 0.15) is 0 Å². The highest BCUT2D eigenvalue weighted by atomic mass is 32.2. The second-order valence-corrected chi connectivity index (χ2v) is 7.23. The van der Waals surface area contributed by atoms with E-state index in [9.17, 15) is 4.79 Å². The van der Waals surface area contributed by atoms with Gasteiger partial charge in [-0.25, -0.2) is 0 Å². The molecule has 0 spiro atoms. The van der Waals surface area contributed by atoms with Crippen LogP contribution >= 0.6 is 11.8 Å². The first-order chi connectivity index (χ1) is 9.21. The van der Waals surface area contributed by atoms with Gasteiger partial charge in [0.05, 0.1) is 6.04 Å². The van der Waals surface area contributed by atoms with E-state index >= 15 is 0 Å². The molecule has 2 aliphatic rings. The molecule has 0 radical (unpaired) electrons. The van der Waals surface area contributed by atoms with Crippen LogP contribution in [0.3, 0.4) is 0 Å². The van der Waals surface area contributed by atoms with Gasteiger partial charge in [-0.05, 0) is 38.5 Å². The highest BCUT2D eigenvalue weighted by Gasteiger charge is 2.37. The van der Waals surface area contributed by atoms with Crippen LogP contribution in [0.2, 0.25) is 0 Å². The number of hydrogen-bond acceptors (Lipinski definition) is 3. The van der Waals surface area contributed by atoms with Crippen molar-refractivity contribution in [1.82, 2.24) is 10.2 Å². The number of amides is 1. The largest absolute Gasteiger partial charge is 0.340 e. The Morgan fingerprint density at radius 2 is 2.05 bits per heavy atom. The number of hydrogen-bond donors (Lipinski definition) is 1. The summed E-state index contributed by atoms with van der Waals surface area (Å²) in [7, 11) is 0. The lowest BCUT2D eigenvalue weighted by atomic mass is 9.87. The summed E-state index contributed by atoms with van der Waals surface area (Å²) in [4.78, 5) is 14.6. The van der Waals surface area contributed by atoms with Crippen molar-refractivity contribution in [2.45, 2.75) is 62.7 Å². The minimum Gasteiger partial charge on any atom is -0.340 e. The van der Waals surface area contributed by atoms with E-state index < -0.39 is 0 Å². The second-order valence-electron chi connectivity index (χ2n) is 5.96. The Bertz CT molecular complexity index is 301. The van der Waals surface area contributed by atoms with Gasteiger partial charge in [-0.2, -0.15) is 11.8 Å². The molecule has 0 aromatic rings. The summed E-state index contributed by atoms with van der Waals surface area (Å²) in [6.45, 7) is 4.90. The molecule has 1 atom stereocenters. The smallest absolute Gasteiger partial charge is 0.239 e. The fraction of sp³-hybridized carbons (Fsp3) is 0.933. The highest BCUT2D eigenvalue weighted by Crippen LogP contribution is 2.39. The molecule has 1 saturated heterocycles. The molecule has 1 saturated carbocycles. The number of carbonyl (C=O) groups is 1. The topological polar surface area (TPSA) is 32.3 Å². The van der Waals surface area contributed by atoms with Crippen LogP contribution in [0.1, 0.15) is 51.9 Å². The number of thioether (sulfide) groups is 1. The second kappa shape index (κ2) is 6.98. The van der Waals surface area contributed by atoms with Gasteiger partial charge in [0.15, 0.2) is 0 Å². The summed E-state index contributed by atoms with van der Waals surface area (Å²) in [6.07, 6.45) is 11.0. The predicted molar refractivity (Wildman–Crippen MR) is 82.6 cm³/mol. The van der Waals surface area contributed by atoms with Crippen LogP contribution in [-0.2, 0) is 4.79 Å². The molecular weight excluding hydrogens is 256 g/mol. The van der Waals surface area contributed by atoms with E-state index in [1.54, 1.807) is 0 Å². The number of piperidine rings is 1. The minimum absolute atomic E-state index is 0.0706. The summed E-state index contributed by atoms with van der Waals surface area (Å²) >= 11 is 1.99. The van der Waals surface area contributed by atoms with Crippen LogP contribution in [0.15, 0.2) is 0 Å². The first-order valence-corrected chi connectivity index (χ1v) is 9.00. The summed E-state index contributed by atoms with van der Waals surface area (Å²) in [5.41, 5.74) is 0. The van der Waals surface area contributed by atoms with E-state index in [1.165, 1.54) is 32.1 Å². The normalized spacial score (nSPS) is 27.6. The van der Waals surface area contributed by atoms with E-state index in [4.69, 9.17) is 0 Å². The van der Waals surface area contributed by atoms with Gasteiger partial charge in [0.25, 0.3) is 0 Å². The fourth-order valence-corrected chi connectivity index (χ4v) is 4.49. The number of likely N-dealkylation sites (N-methyl/N-ethyl adjacent to an activating group) is 1. The number of likely N-dealkylation sites (tertiary alicyclic amines) is 1. The maximum Gasteiger partial charge on any atom is 0.239 e. The molecule has 110 valence electrons. The van der Waals surface area contributed by atoms with Crippen LogP contribution in [0, 0.1) is 0 Å². The Morgan fingerprint density at radius 3 is 2.68 bits per heavy atom. The summed E-state index contributed by atoms with van der Waals surface area (Å²) < 4.78 is 0.335. The van der Waals surface area contributed by atoms with Crippen LogP contribution in [0.4, 0.5) is 0 Å². The molecule has 0 bridgehead atoms. The molecule has 2 fully saturated rings. The predicted octanol–water partition coefficient (Wildman–Crippen LogP) is 2.65.